The van der Waals surface area contributed by atoms with E-state index in [9.17, 15) is 4.79 Å². The molecule has 1 unspecified atom stereocenters. The van der Waals surface area contributed by atoms with Gasteiger partial charge in [-0.05, 0) is 42.8 Å². The van der Waals surface area contributed by atoms with Gasteiger partial charge < -0.3 is 20.5 Å². The van der Waals surface area contributed by atoms with Crippen LogP contribution < -0.4 is 15.8 Å². The normalized spacial score (nSPS) is 10.8. The van der Waals surface area contributed by atoms with E-state index in [2.05, 4.69) is 10.3 Å². The van der Waals surface area contributed by atoms with Crippen molar-refractivity contribution in [1.29, 1.82) is 0 Å². The summed E-state index contributed by atoms with van der Waals surface area (Å²) in [5.74, 6) is 1.24. The van der Waals surface area contributed by atoms with E-state index in [4.69, 9.17) is 15.2 Å². The maximum absolute atomic E-state index is 11.9. The van der Waals surface area contributed by atoms with Gasteiger partial charge in [-0.15, -0.1) is 24.8 Å². The third-order valence-electron chi connectivity index (χ3n) is 3.33. The van der Waals surface area contributed by atoms with Gasteiger partial charge in [-0.2, -0.15) is 0 Å². The number of carbonyl (C=O) groups excluding carboxylic acids is 1. The summed E-state index contributed by atoms with van der Waals surface area (Å²) in [7, 11) is 1.54. The van der Waals surface area contributed by atoms with Gasteiger partial charge in [0.1, 0.15) is 11.5 Å². The van der Waals surface area contributed by atoms with Gasteiger partial charge in [0.15, 0.2) is 0 Å². The number of nitrogens with one attached hydrogen (secondary N) is 1. The fourth-order valence-electron chi connectivity index (χ4n) is 2.06. The number of nitrogens with zero attached hydrogens (tertiary/aromatic N) is 1. The maximum atomic E-state index is 11.9. The van der Waals surface area contributed by atoms with Crippen molar-refractivity contribution in [2.45, 2.75) is 19.4 Å². The smallest absolute Gasteiger partial charge is 0.227 e. The van der Waals surface area contributed by atoms with Gasteiger partial charge in [0.05, 0.1) is 18.7 Å². The first-order valence-electron chi connectivity index (χ1n) is 7.33. The fraction of sp³-hybridized carbons (Fsp3) is 0.294. The number of pyridine rings is 1. The van der Waals surface area contributed by atoms with E-state index in [1.165, 1.54) is 0 Å². The molecule has 2 rings (SSSR count). The zero-order chi connectivity index (χ0) is 16.7. The number of carbonyl (C=O) groups is 1. The lowest BCUT2D eigenvalue weighted by Crippen LogP contribution is -2.28. The molecule has 0 aliphatic heterocycles. The second-order valence-corrected chi connectivity index (χ2v) is 5.12. The number of benzene rings is 1. The summed E-state index contributed by atoms with van der Waals surface area (Å²) in [5, 5.41) is 2.83. The number of nitrogens with two attached hydrogens (primary N) is 1. The van der Waals surface area contributed by atoms with Crippen LogP contribution in [0.1, 0.15) is 12.0 Å². The lowest BCUT2D eigenvalue weighted by atomic mass is 10.2. The Morgan fingerprint density at radius 2 is 2.08 bits per heavy atom. The molecule has 0 radical (unpaired) electrons. The highest BCUT2D eigenvalue weighted by Gasteiger charge is 2.12. The molecule has 0 bridgehead atoms. The topological polar surface area (TPSA) is 86.5 Å². The number of amides is 1. The van der Waals surface area contributed by atoms with E-state index in [0.29, 0.717) is 23.7 Å². The van der Waals surface area contributed by atoms with Gasteiger partial charge in [-0.25, -0.2) is 0 Å². The zero-order valence-corrected chi connectivity index (χ0v) is 15.7. The number of halogens is 2. The molecular weight excluding hydrogens is 365 g/mol. The first kappa shape index (κ1) is 23.1. The highest BCUT2D eigenvalue weighted by Crippen LogP contribution is 2.26. The van der Waals surface area contributed by atoms with Crippen LogP contribution in [0.15, 0.2) is 42.7 Å². The molecule has 0 saturated carbocycles. The predicted octanol–water partition coefficient (Wildman–Crippen LogP) is 3.33. The Kier molecular flexibility index (Phi) is 10.8. The van der Waals surface area contributed by atoms with Crippen LogP contribution >= 0.6 is 24.8 Å². The van der Waals surface area contributed by atoms with E-state index in [1.54, 1.807) is 25.6 Å². The Bertz CT molecular complexity index is 653. The van der Waals surface area contributed by atoms with Crippen molar-refractivity contribution in [3.63, 3.8) is 0 Å². The molecule has 1 amide bonds. The summed E-state index contributed by atoms with van der Waals surface area (Å²) < 4.78 is 10.9. The highest BCUT2D eigenvalue weighted by atomic mass is 35.5. The quantitative estimate of drug-likeness (QED) is 0.760. The first-order chi connectivity index (χ1) is 11.1. The Morgan fingerprint density at radius 3 is 2.64 bits per heavy atom. The number of hydrogen-bond donors (Lipinski definition) is 2. The second-order valence-electron chi connectivity index (χ2n) is 5.12. The number of hydrogen-bond acceptors (Lipinski definition) is 5. The predicted molar refractivity (Wildman–Crippen MR) is 103 cm³/mol. The molecule has 0 aliphatic carbocycles. The summed E-state index contributed by atoms with van der Waals surface area (Å²) in [6.45, 7) is 2.22. The van der Waals surface area contributed by atoms with Crippen molar-refractivity contribution in [1.82, 2.24) is 4.98 Å². The lowest BCUT2D eigenvalue weighted by Gasteiger charge is -2.14. The molecule has 1 aromatic carbocycles. The molecule has 1 aromatic heterocycles. The van der Waals surface area contributed by atoms with E-state index >= 15 is 0 Å². The van der Waals surface area contributed by atoms with Gasteiger partial charge >= 0.3 is 0 Å². The molecule has 2 aromatic rings. The van der Waals surface area contributed by atoms with Gasteiger partial charge in [0.2, 0.25) is 5.91 Å². The van der Waals surface area contributed by atoms with Crippen LogP contribution in [0.3, 0.4) is 0 Å². The molecule has 0 fully saturated rings. The van der Waals surface area contributed by atoms with Crippen molar-refractivity contribution in [2.75, 3.05) is 19.0 Å². The summed E-state index contributed by atoms with van der Waals surface area (Å²) in [5.41, 5.74) is 7.13. The van der Waals surface area contributed by atoms with Crippen LogP contribution in [0.25, 0.3) is 0 Å². The molecule has 0 saturated heterocycles. The molecule has 0 aliphatic rings. The van der Waals surface area contributed by atoms with Gasteiger partial charge in [0.25, 0.3) is 0 Å². The SMILES string of the molecule is COC(CN)CC(=O)Nc1ccc(Oc2cccnc2)c(C)c1.Cl.Cl. The lowest BCUT2D eigenvalue weighted by molar-refractivity contribution is -0.118. The third-order valence-corrected chi connectivity index (χ3v) is 3.33. The molecule has 1 heterocycles. The standard InChI is InChI=1S/C17H21N3O3.2ClH/c1-12-8-13(20-17(21)9-15(10-18)22-2)5-6-16(12)23-14-4-3-7-19-11-14;;/h3-8,11,15H,9-10,18H2,1-2H3,(H,20,21);2*1H. The average Bonchev–Trinajstić information content (AvgIpc) is 2.56. The summed E-state index contributed by atoms with van der Waals surface area (Å²) in [6.07, 6.45) is 3.28. The van der Waals surface area contributed by atoms with Crippen molar-refractivity contribution >= 4 is 36.4 Å². The molecule has 1 atom stereocenters. The van der Waals surface area contributed by atoms with Crippen LogP contribution in [0, 0.1) is 6.92 Å². The molecule has 8 heteroatoms. The van der Waals surface area contributed by atoms with Crippen LogP contribution in [0.2, 0.25) is 0 Å². The monoisotopic (exact) mass is 387 g/mol. The molecule has 3 N–H and O–H groups in total. The number of anilines is 1. The number of aromatic nitrogens is 1. The van der Waals surface area contributed by atoms with Crippen LogP contribution in [-0.2, 0) is 9.53 Å². The fourth-order valence-corrected chi connectivity index (χ4v) is 2.06. The van der Waals surface area contributed by atoms with E-state index < -0.39 is 0 Å². The maximum Gasteiger partial charge on any atom is 0.227 e. The van der Waals surface area contributed by atoms with E-state index in [1.807, 2.05) is 31.2 Å². The van der Waals surface area contributed by atoms with Gasteiger partial charge in [0, 0.05) is 25.5 Å². The number of methoxy groups -OCH3 is 1. The Hall–Kier alpha value is -1.86. The number of aryl methyl sites for hydroxylation is 1. The molecule has 25 heavy (non-hydrogen) atoms. The average molecular weight is 388 g/mol. The van der Waals surface area contributed by atoms with Crippen LogP contribution in [0.4, 0.5) is 5.69 Å². The second kappa shape index (κ2) is 11.7. The molecule has 138 valence electrons. The first-order valence-corrected chi connectivity index (χ1v) is 7.33. The molecular formula is C17H23Cl2N3O3. The van der Waals surface area contributed by atoms with Gasteiger partial charge in [-0.3, -0.25) is 9.78 Å². The number of rotatable bonds is 7. The minimum atomic E-state index is -0.274. The van der Waals surface area contributed by atoms with E-state index in [-0.39, 0.29) is 43.2 Å². The third kappa shape index (κ3) is 7.27. The van der Waals surface area contributed by atoms with Crippen molar-refractivity contribution in [2.24, 2.45) is 5.73 Å². The summed E-state index contributed by atoms with van der Waals surface area (Å²) >= 11 is 0. The minimum Gasteiger partial charge on any atom is -0.455 e. The summed E-state index contributed by atoms with van der Waals surface area (Å²) in [6, 6.07) is 9.10. The number of ether oxygens (including phenoxy) is 2. The minimum absolute atomic E-state index is 0. The molecule has 6 nitrogen and oxygen atoms in total. The summed E-state index contributed by atoms with van der Waals surface area (Å²) in [4.78, 5) is 15.9. The van der Waals surface area contributed by atoms with Crippen molar-refractivity contribution < 1.29 is 14.3 Å². The van der Waals surface area contributed by atoms with Crippen molar-refractivity contribution in [3.05, 3.63) is 48.3 Å². The highest BCUT2D eigenvalue weighted by molar-refractivity contribution is 5.91. The van der Waals surface area contributed by atoms with E-state index in [0.717, 1.165) is 5.56 Å². The Labute approximate surface area is 159 Å². The zero-order valence-electron chi connectivity index (χ0n) is 14.1. The Morgan fingerprint density at radius 1 is 1.32 bits per heavy atom. The Balaban J connectivity index is 0.00000288. The van der Waals surface area contributed by atoms with Crippen LogP contribution in [-0.4, -0.2) is 30.6 Å². The van der Waals surface area contributed by atoms with Crippen molar-refractivity contribution in [3.8, 4) is 11.5 Å². The molecule has 0 spiro atoms. The van der Waals surface area contributed by atoms with Crippen LogP contribution in [0.5, 0.6) is 11.5 Å². The van der Waals surface area contributed by atoms with Gasteiger partial charge in [-0.1, -0.05) is 0 Å². The largest absolute Gasteiger partial charge is 0.455 e.